The minimum atomic E-state index is 0.258. The minimum Gasteiger partial charge on any atom is -0.417 e. The molecule has 0 aliphatic rings. The van der Waals surface area contributed by atoms with Crippen molar-refractivity contribution in [1.29, 1.82) is 0 Å². The van der Waals surface area contributed by atoms with Gasteiger partial charge in [0.25, 0.3) is 0 Å². The SMILES string of the molecule is Cc1nnc(-c2nnc(C)o2)o1. The average molecular weight is 166 g/mol. The zero-order valence-corrected chi connectivity index (χ0v) is 6.61. The molecule has 0 spiro atoms. The van der Waals surface area contributed by atoms with Crippen LogP contribution in [0.15, 0.2) is 8.83 Å². The maximum Gasteiger partial charge on any atom is 0.305 e. The van der Waals surface area contributed by atoms with Crippen molar-refractivity contribution >= 4 is 0 Å². The Kier molecular flexibility index (Phi) is 1.39. The first kappa shape index (κ1) is 6.96. The third-order valence-corrected chi connectivity index (χ3v) is 1.24. The fraction of sp³-hybridized carbons (Fsp3) is 0.333. The molecule has 0 aliphatic carbocycles. The van der Waals surface area contributed by atoms with Crippen molar-refractivity contribution < 1.29 is 8.83 Å². The van der Waals surface area contributed by atoms with Crippen LogP contribution >= 0.6 is 0 Å². The van der Waals surface area contributed by atoms with Gasteiger partial charge in [0, 0.05) is 13.8 Å². The summed E-state index contributed by atoms with van der Waals surface area (Å²) >= 11 is 0. The summed E-state index contributed by atoms with van der Waals surface area (Å²) in [6, 6.07) is 0. The largest absolute Gasteiger partial charge is 0.417 e. The van der Waals surface area contributed by atoms with Gasteiger partial charge >= 0.3 is 11.8 Å². The Morgan fingerprint density at radius 1 is 0.750 bits per heavy atom. The third-order valence-electron chi connectivity index (χ3n) is 1.24. The molecule has 0 aliphatic heterocycles. The van der Waals surface area contributed by atoms with Gasteiger partial charge in [-0.1, -0.05) is 0 Å². The first-order valence-corrected chi connectivity index (χ1v) is 3.36. The Morgan fingerprint density at radius 3 is 1.42 bits per heavy atom. The van der Waals surface area contributed by atoms with Crippen molar-refractivity contribution in [2.24, 2.45) is 0 Å². The lowest BCUT2D eigenvalue weighted by Gasteiger charge is -1.80. The van der Waals surface area contributed by atoms with Crippen LogP contribution in [0.5, 0.6) is 0 Å². The van der Waals surface area contributed by atoms with Gasteiger partial charge in [-0.05, 0) is 0 Å². The molecule has 2 heterocycles. The highest BCUT2D eigenvalue weighted by Gasteiger charge is 2.12. The molecule has 0 atom stereocenters. The molecule has 2 rings (SSSR count). The van der Waals surface area contributed by atoms with E-state index in [-0.39, 0.29) is 11.8 Å². The summed E-state index contributed by atoms with van der Waals surface area (Å²) in [5.41, 5.74) is 0. The van der Waals surface area contributed by atoms with Gasteiger partial charge in [0.05, 0.1) is 0 Å². The Hall–Kier alpha value is -1.72. The van der Waals surface area contributed by atoms with Crippen LogP contribution in [0.2, 0.25) is 0 Å². The highest BCUT2D eigenvalue weighted by molar-refractivity contribution is 5.34. The second-order valence-electron chi connectivity index (χ2n) is 2.25. The first-order chi connectivity index (χ1) is 5.75. The molecule has 0 unspecified atom stereocenters. The zero-order chi connectivity index (χ0) is 8.55. The van der Waals surface area contributed by atoms with Crippen LogP contribution in [0.3, 0.4) is 0 Å². The summed E-state index contributed by atoms with van der Waals surface area (Å²) < 4.78 is 10.1. The van der Waals surface area contributed by atoms with E-state index < -0.39 is 0 Å². The van der Waals surface area contributed by atoms with Gasteiger partial charge in [0.2, 0.25) is 11.8 Å². The van der Waals surface area contributed by atoms with Crippen LogP contribution in [0.25, 0.3) is 11.8 Å². The molecular weight excluding hydrogens is 160 g/mol. The molecule has 62 valence electrons. The molecular formula is C6H6N4O2. The molecule has 0 radical (unpaired) electrons. The van der Waals surface area contributed by atoms with Gasteiger partial charge < -0.3 is 8.83 Å². The summed E-state index contributed by atoms with van der Waals surface area (Å²) in [5.74, 6) is 1.46. The summed E-state index contributed by atoms with van der Waals surface area (Å²) in [4.78, 5) is 0. The Labute approximate surface area is 67.6 Å². The summed E-state index contributed by atoms with van der Waals surface area (Å²) in [7, 11) is 0. The standard InChI is InChI=1S/C6H6N4O2/c1-3-7-9-5(11-3)6-10-8-4(2)12-6/h1-2H3. The lowest BCUT2D eigenvalue weighted by molar-refractivity contribution is 0.478. The fourth-order valence-corrected chi connectivity index (χ4v) is 0.766. The van der Waals surface area contributed by atoms with E-state index in [1.807, 2.05) is 0 Å². The van der Waals surface area contributed by atoms with Crippen molar-refractivity contribution in [3.63, 3.8) is 0 Å². The molecule has 0 amide bonds. The smallest absolute Gasteiger partial charge is 0.305 e. The first-order valence-electron chi connectivity index (χ1n) is 3.36. The molecule has 6 nitrogen and oxygen atoms in total. The molecule has 0 saturated heterocycles. The van der Waals surface area contributed by atoms with Crippen molar-refractivity contribution in [3.8, 4) is 11.8 Å². The van der Waals surface area contributed by atoms with Crippen LogP contribution in [0.4, 0.5) is 0 Å². The molecule has 12 heavy (non-hydrogen) atoms. The predicted octanol–water partition coefficient (Wildman–Crippen LogP) is 0.736. The summed E-state index contributed by atoms with van der Waals surface area (Å²) in [6.45, 7) is 3.39. The second kappa shape index (κ2) is 2.40. The van der Waals surface area contributed by atoms with E-state index in [4.69, 9.17) is 8.83 Å². The fourth-order valence-electron chi connectivity index (χ4n) is 0.766. The zero-order valence-electron chi connectivity index (χ0n) is 6.61. The maximum atomic E-state index is 5.06. The van der Waals surface area contributed by atoms with E-state index in [0.29, 0.717) is 11.8 Å². The quantitative estimate of drug-likeness (QED) is 0.621. The van der Waals surface area contributed by atoms with Crippen molar-refractivity contribution in [2.45, 2.75) is 13.8 Å². The van der Waals surface area contributed by atoms with Gasteiger partial charge in [-0.2, -0.15) is 0 Å². The number of hydrogen-bond donors (Lipinski definition) is 0. The lowest BCUT2D eigenvalue weighted by atomic mass is 10.7. The molecule has 2 aromatic rings. The number of hydrogen-bond acceptors (Lipinski definition) is 6. The monoisotopic (exact) mass is 166 g/mol. The molecule has 0 aromatic carbocycles. The van der Waals surface area contributed by atoms with Crippen LogP contribution in [0, 0.1) is 13.8 Å². The Bertz CT molecular complexity index is 353. The summed E-state index contributed by atoms with van der Waals surface area (Å²) in [6.07, 6.45) is 0. The molecule has 2 aromatic heterocycles. The third kappa shape index (κ3) is 1.07. The predicted molar refractivity (Wildman–Crippen MR) is 37.1 cm³/mol. The van der Waals surface area contributed by atoms with E-state index in [1.165, 1.54) is 0 Å². The van der Waals surface area contributed by atoms with E-state index >= 15 is 0 Å². The van der Waals surface area contributed by atoms with Gasteiger partial charge in [-0.3, -0.25) is 0 Å². The number of rotatable bonds is 1. The van der Waals surface area contributed by atoms with E-state index in [1.54, 1.807) is 13.8 Å². The molecule has 0 fully saturated rings. The van der Waals surface area contributed by atoms with Gasteiger partial charge in [0.1, 0.15) is 0 Å². The number of aryl methyl sites for hydroxylation is 2. The molecule has 0 saturated carbocycles. The maximum absolute atomic E-state index is 5.06. The van der Waals surface area contributed by atoms with Gasteiger partial charge in [-0.15, -0.1) is 20.4 Å². The normalized spacial score (nSPS) is 10.5. The van der Waals surface area contributed by atoms with Crippen molar-refractivity contribution in [3.05, 3.63) is 11.8 Å². The lowest BCUT2D eigenvalue weighted by Crippen LogP contribution is -1.76. The average Bonchev–Trinajstić information content (AvgIpc) is 2.58. The molecule has 0 N–H and O–H groups in total. The van der Waals surface area contributed by atoms with Crippen LogP contribution in [-0.2, 0) is 0 Å². The topological polar surface area (TPSA) is 77.8 Å². The van der Waals surface area contributed by atoms with E-state index in [2.05, 4.69) is 20.4 Å². The highest BCUT2D eigenvalue weighted by atomic mass is 16.4. The number of nitrogens with zero attached hydrogens (tertiary/aromatic N) is 4. The summed E-state index contributed by atoms with van der Waals surface area (Å²) in [5, 5.41) is 14.7. The van der Waals surface area contributed by atoms with Gasteiger partial charge in [-0.25, -0.2) is 0 Å². The molecule has 0 bridgehead atoms. The van der Waals surface area contributed by atoms with Crippen LogP contribution in [0.1, 0.15) is 11.8 Å². The Balaban J connectivity index is 2.43. The van der Waals surface area contributed by atoms with Crippen LogP contribution < -0.4 is 0 Å². The van der Waals surface area contributed by atoms with Crippen LogP contribution in [-0.4, -0.2) is 20.4 Å². The van der Waals surface area contributed by atoms with E-state index in [9.17, 15) is 0 Å². The highest BCUT2D eigenvalue weighted by Crippen LogP contribution is 2.14. The van der Waals surface area contributed by atoms with Gasteiger partial charge in [0.15, 0.2) is 0 Å². The Morgan fingerprint density at radius 2 is 1.17 bits per heavy atom. The van der Waals surface area contributed by atoms with Crippen molar-refractivity contribution in [2.75, 3.05) is 0 Å². The number of aromatic nitrogens is 4. The molecule has 6 heteroatoms. The second-order valence-corrected chi connectivity index (χ2v) is 2.25. The minimum absolute atomic E-state index is 0.258. The van der Waals surface area contributed by atoms with E-state index in [0.717, 1.165) is 0 Å². The van der Waals surface area contributed by atoms with Crippen molar-refractivity contribution in [1.82, 2.24) is 20.4 Å².